The Kier molecular flexibility index (Phi) is 5.79. The van der Waals surface area contributed by atoms with Gasteiger partial charge in [0.15, 0.2) is 0 Å². The molecule has 30 heavy (non-hydrogen) atoms. The number of hydrogen-bond donors (Lipinski definition) is 2. The zero-order valence-electron chi connectivity index (χ0n) is 16.1. The predicted octanol–water partition coefficient (Wildman–Crippen LogP) is 4.75. The highest BCUT2D eigenvalue weighted by Crippen LogP contribution is 2.33. The maximum Gasteiger partial charge on any atom is 0.240 e. The molecular formula is C22H20Cl2N2O3S. The van der Waals surface area contributed by atoms with Crippen LogP contribution in [0, 0.1) is 6.92 Å². The second-order valence-electron chi connectivity index (χ2n) is 7.25. The molecule has 1 atom stereocenters. The summed E-state index contributed by atoms with van der Waals surface area (Å²) in [5.41, 5.74) is 2.75. The Hall–Kier alpha value is -2.09. The lowest BCUT2D eigenvalue weighted by molar-refractivity contribution is 0.161. The molecule has 0 radical (unpaired) electrons. The van der Waals surface area contributed by atoms with E-state index >= 15 is 0 Å². The number of aliphatic hydroxyl groups is 1. The van der Waals surface area contributed by atoms with Gasteiger partial charge in [0, 0.05) is 38.4 Å². The Morgan fingerprint density at radius 1 is 0.933 bits per heavy atom. The van der Waals surface area contributed by atoms with E-state index in [0.717, 1.165) is 27.4 Å². The van der Waals surface area contributed by atoms with Crippen LogP contribution in [0.3, 0.4) is 0 Å². The van der Waals surface area contributed by atoms with Gasteiger partial charge < -0.3 is 9.67 Å². The number of nitrogens with one attached hydrogen (secondary N) is 1. The van der Waals surface area contributed by atoms with E-state index in [9.17, 15) is 13.5 Å². The zero-order chi connectivity index (χ0) is 21.5. The molecule has 0 aliphatic carbocycles. The van der Waals surface area contributed by atoms with Crippen LogP contribution in [-0.4, -0.2) is 30.7 Å². The van der Waals surface area contributed by atoms with Crippen molar-refractivity contribution in [3.05, 3.63) is 76.3 Å². The molecule has 0 amide bonds. The van der Waals surface area contributed by atoms with Crippen LogP contribution >= 0.6 is 23.2 Å². The molecule has 0 unspecified atom stereocenters. The molecule has 0 aliphatic rings. The van der Waals surface area contributed by atoms with Gasteiger partial charge in [-0.05, 0) is 55.5 Å². The van der Waals surface area contributed by atoms with Crippen LogP contribution in [-0.2, 0) is 16.6 Å². The summed E-state index contributed by atoms with van der Waals surface area (Å²) in [6.45, 7) is 1.98. The van der Waals surface area contributed by atoms with Crippen molar-refractivity contribution in [1.29, 1.82) is 0 Å². The van der Waals surface area contributed by atoms with Crippen molar-refractivity contribution in [2.75, 3.05) is 6.54 Å². The molecule has 0 bridgehead atoms. The maximum absolute atomic E-state index is 12.5. The fourth-order valence-corrected chi connectivity index (χ4v) is 4.94. The fraction of sp³-hybridized carbons (Fsp3) is 0.182. The fourth-order valence-electron chi connectivity index (χ4n) is 3.53. The van der Waals surface area contributed by atoms with E-state index in [1.165, 1.54) is 0 Å². The first-order chi connectivity index (χ1) is 14.2. The molecule has 0 spiro atoms. The number of aryl methyl sites for hydroxylation is 1. The summed E-state index contributed by atoms with van der Waals surface area (Å²) in [5, 5.41) is 13.7. The molecule has 0 fully saturated rings. The van der Waals surface area contributed by atoms with Gasteiger partial charge in [0.05, 0.1) is 17.5 Å². The smallest absolute Gasteiger partial charge is 0.240 e. The lowest BCUT2D eigenvalue weighted by Crippen LogP contribution is -2.34. The Balaban J connectivity index is 1.60. The average Bonchev–Trinajstić information content (AvgIpc) is 2.99. The van der Waals surface area contributed by atoms with Crippen molar-refractivity contribution < 1.29 is 13.5 Å². The van der Waals surface area contributed by atoms with Crippen LogP contribution in [0.2, 0.25) is 10.0 Å². The minimum Gasteiger partial charge on any atom is -0.390 e. The molecular weight excluding hydrogens is 443 g/mol. The number of sulfonamides is 1. The Morgan fingerprint density at radius 3 is 2.00 bits per heavy atom. The van der Waals surface area contributed by atoms with Gasteiger partial charge in [0.2, 0.25) is 10.0 Å². The highest BCUT2D eigenvalue weighted by molar-refractivity contribution is 7.89. The van der Waals surface area contributed by atoms with Gasteiger partial charge in [-0.1, -0.05) is 40.9 Å². The zero-order valence-corrected chi connectivity index (χ0v) is 18.5. The first-order valence-corrected chi connectivity index (χ1v) is 11.6. The molecule has 5 nitrogen and oxygen atoms in total. The molecule has 2 N–H and O–H groups in total. The minimum absolute atomic E-state index is 0.113. The maximum atomic E-state index is 12.5. The van der Waals surface area contributed by atoms with Gasteiger partial charge in [-0.3, -0.25) is 0 Å². The minimum atomic E-state index is -3.70. The molecule has 1 heterocycles. The first kappa shape index (κ1) is 21.2. The number of fused-ring (bicyclic) bond motifs is 3. The van der Waals surface area contributed by atoms with Crippen molar-refractivity contribution in [1.82, 2.24) is 9.29 Å². The van der Waals surface area contributed by atoms with Gasteiger partial charge in [0.1, 0.15) is 0 Å². The summed E-state index contributed by atoms with van der Waals surface area (Å²) in [4.78, 5) is 0.168. The molecule has 0 saturated heterocycles. The van der Waals surface area contributed by atoms with Crippen LogP contribution in [0.25, 0.3) is 21.8 Å². The molecule has 8 heteroatoms. The molecule has 0 aliphatic heterocycles. The van der Waals surface area contributed by atoms with Crippen molar-refractivity contribution >= 4 is 55.0 Å². The van der Waals surface area contributed by atoms with E-state index in [0.29, 0.717) is 10.0 Å². The molecule has 3 aromatic carbocycles. The second-order valence-corrected chi connectivity index (χ2v) is 9.89. The van der Waals surface area contributed by atoms with E-state index in [2.05, 4.69) is 4.72 Å². The summed E-state index contributed by atoms with van der Waals surface area (Å²) in [5.74, 6) is 0. The summed E-state index contributed by atoms with van der Waals surface area (Å²) in [6.07, 6.45) is -0.935. The Morgan fingerprint density at radius 2 is 1.47 bits per heavy atom. The SMILES string of the molecule is Cc1ccc(S(=O)(=O)NC[C@H](O)Cn2c3ccc(Cl)cc3c3cc(Cl)ccc32)cc1. The van der Waals surface area contributed by atoms with Crippen molar-refractivity contribution in [2.45, 2.75) is 24.5 Å². The Labute approximate surface area is 184 Å². The van der Waals surface area contributed by atoms with Gasteiger partial charge in [-0.2, -0.15) is 0 Å². The van der Waals surface area contributed by atoms with Crippen molar-refractivity contribution in [3.63, 3.8) is 0 Å². The molecule has 4 aromatic rings. The van der Waals surface area contributed by atoms with Gasteiger partial charge in [-0.25, -0.2) is 13.1 Å². The van der Waals surface area contributed by atoms with Crippen LogP contribution in [0.5, 0.6) is 0 Å². The van der Waals surface area contributed by atoms with Gasteiger partial charge in [-0.15, -0.1) is 0 Å². The third-order valence-corrected chi connectivity index (χ3v) is 6.93. The van der Waals surface area contributed by atoms with E-state index in [4.69, 9.17) is 23.2 Å². The van der Waals surface area contributed by atoms with Gasteiger partial charge >= 0.3 is 0 Å². The van der Waals surface area contributed by atoms with E-state index in [1.54, 1.807) is 36.4 Å². The number of rotatable bonds is 6. The Bertz CT molecular complexity index is 1270. The molecule has 4 rings (SSSR count). The number of halogens is 2. The van der Waals surface area contributed by atoms with E-state index < -0.39 is 16.1 Å². The van der Waals surface area contributed by atoms with Crippen LogP contribution in [0.4, 0.5) is 0 Å². The lowest BCUT2D eigenvalue weighted by Gasteiger charge is -2.15. The standard InChI is InChI=1S/C22H20Cl2N2O3S/c1-14-2-6-18(7-3-14)30(28,29)25-12-17(27)13-26-21-8-4-15(23)10-19(21)20-11-16(24)5-9-22(20)26/h2-11,17,25,27H,12-13H2,1H3/t17-/m0/s1. The third kappa shape index (κ3) is 4.19. The number of benzene rings is 3. The topological polar surface area (TPSA) is 71.3 Å². The number of hydrogen-bond acceptors (Lipinski definition) is 3. The van der Waals surface area contributed by atoms with Crippen LogP contribution in [0.1, 0.15) is 5.56 Å². The van der Waals surface area contributed by atoms with E-state index in [-0.39, 0.29) is 18.0 Å². The highest BCUT2D eigenvalue weighted by atomic mass is 35.5. The number of aromatic nitrogens is 1. The predicted molar refractivity (Wildman–Crippen MR) is 122 cm³/mol. The molecule has 156 valence electrons. The van der Waals surface area contributed by atoms with Gasteiger partial charge in [0.25, 0.3) is 0 Å². The lowest BCUT2D eigenvalue weighted by atomic mass is 10.1. The quantitative estimate of drug-likeness (QED) is 0.434. The highest BCUT2D eigenvalue weighted by Gasteiger charge is 2.18. The summed E-state index contributed by atoms with van der Waals surface area (Å²) in [7, 11) is -3.70. The second kappa shape index (κ2) is 8.21. The van der Waals surface area contributed by atoms with E-state index in [1.807, 2.05) is 35.8 Å². The first-order valence-electron chi connectivity index (χ1n) is 9.36. The normalized spacial score (nSPS) is 13.2. The average molecular weight is 463 g/mol. The summed E-state index contributed by atoms with van der Waals surface area (Å²) >= 11 is 12.3. The summed E-state index contributed by atoms with van der Waals surface area (Å²) in [6, 6.07) is 17.6. The number of nitrogens with zero attached hydrogens (tertiary/aromatic N) is 1. The van der Waals surface area contributed by atoms with Crippen molar-refractivity contribution in [2.24, 2.45) is 0 Å². The number of aliphatic hydroxyl groups excluding tert-OH is 1. The third-order valence-electron chi connectivity index (χ3n) is 5.02. The van der Waals surface area contributed by atoms with Crippen LogP contribution < -0.4 is 4.72 Å². The van der Waals surface area contributed by atoms with Crippen molar-refractivity contribution in [3.8, 4) is 0 Å². The van der Waals surface area contributed by atoms with Crippen LogP contribution in [0.15, 0.2) is 65.6 Å². The largest absolute Gasteiger partial charge is 0.390 e. The molecule has 1 aromatic heterocycles. The monoisotopic (exact) mass is 462 g/mol. The molecule has 0 saturated carbocycles. The summed E-state index contributed by atoms with van der Waals surface area (Å²) < 4.78 is 29.4.